The molecular weight excluding hydrogens is 660 g/mol. The van der Waals surface area contributed by atoms with Crippen molar-refractivity contribution in [1.82, 2.24) is 0 Å². The van der Waals surface area contributed by atoms with Gasteiger partial charge in [0.25, 0.3) is 0 Å². The van der Waals surface area contributed by atoms with Gasteiger partial charge in [0, 0.05) is 13.0 Å². The van der Waals surface area contributed by atoms with Gasteiger partial charge in [-0.2, -0.15) is 0 Å². The van der Waals surface area contributed by atoms with Crippen molar-refractivity contribution in [3.63, 3.8) is 0 Å². The summed E-state index contributed by atoms with van der Waals surface area (Å²) < 4.78 is 22.7. The number of esters is 1. The maximum atomic E-state index is 12.7. The lowest BCUT2D eigenvalue weighted by molar-refractivity contribution is -0.305. The summed E-state index contributed by atoms with van der Waals surface area (Å²) in [6, 6.07) is 0. The molecule has 0 aromatic heterocycles. The number of rotatable bonds is 35. The Morgan fingerprint density at radius 2 is 1.12 bits per heavy atom. The Labute approximate surface area is 317 Å². The van der Waals surface area contributed by atoms with Crippen LogP contribution in [0.1, 0.15) is 168 Å². The standard InChI is InChI=1S/C43H78O9/c1-3-5-7-9-11-13-15-17-18-19-20-22-24-26-28-30-32-39(45)51-37(36-50-43-42(48)41(47)40(46)38(34-44)52-43)35-49-33-31-29-27-25-23-21-16-14-12-10-8-6-4-2/h12-15,18-19,37-38,40-44,46-48H,3-11,16-17,20-36H2,1-2H3/b14-12-,15-13-,19-18-. The van der Waals surface area contributed by atoms with Gasteiger partial charge in [-0.15, -0.1) is 0 Å². The van der Waals surface area contributed by atoms with Gasteiger partial charge in [-0.25, -0.2) is 0 Å². The van der Waals surface area contributed by atoms with E-state index in [0.29, 0.717) is 13.0 Å². The van der Waals surface area contributed by atoms with Gasteiger partial charge in [-0.3, -0.25) is 4.79 Å². The second kappa shape index (κ2) is 35.1. The highest BCUT2D eigenvalue weighted by Crippen LogP contribution is 2.22. The Bertz CT molecular complexity index is 890. The van der Waals surface area contributed by atoms with Gasteiger partial charge >= 0.3 is 5.97 Å². The number of aliphatic hydroxyl groups is 4. The van der Waals surface area contributed by atoms with Crippen LogP contribution in [0.2, 0.25) is 0 Å². The normalized spacial score (nSPS) is 21.5. The number of carbonyl (C=O) groups is 1. The highest BCUT2D eigenvalue weighted by atomic mass is 16.7. The first kappa shape index (κ1) is 48.4. The summed E-state index contributed by atoms with van der Waals surface area (Å²) in [6.45, 7) is 4.48. The molecule has 0 radical (unpaired) electrons. The molecule has 6 atom stereocenters. The molecule has 0 amide bonds. The molecule has 1 aliphatic heterocycles. The molecule has 9 nitrogen and oxygen atoms in total. The van der Waals surface area contributed by atoms with E-state index in [0.717, 1.165) is 70.6 Å². The van der Waals surface area contributed by atoms with Crippen LogP contribution in [0.3, 0.4) is 0 Å². The van der Waals surface area contributed by atoms with Crippen LogP contribution in [0.15, 0.2) is 36.5 Å². The van der Waals surface area contributed by atoms with E-state index in [2.05, 4.69) is 50.3 Å². The molecule has 0 aliphatic carbocycles. The minimum absolute atomic E-state index is 0.121. The second-order valence-electron chi connectivity index (χ2n) is 14.4. The highest BCUT2D eigenvalue weighted by molar-refractivity contribution is 5.69. The molecule has 1 rings (SSSR count). The SMILES string of the molecule is CCCCC/C=C\CCCCCCCCOCC(COC1OC(CO)C(O)C(O)C1O)OC(=O)CCCCCCC/C=C\C/C=C\CCCCCC. The van der Waals surface area contributed by atoms with Crippen LogP contribution in [-0.4, -0.2) is 89.6 Å². The smallest absolute Gasteiger partial charge is 0.306 e. The van der Waals surface area contributed by atoms with Crippen molar-refractivity contribution in [1.29, 1.82) is 0 Å². The number of ether oxygens (including phenoxy) is 4. The molecule has 1 heterocycles. The van der Waals surface area contributed by atoms with Crippen LogP contribution >= 0.6 is 0 Å². The fourth-order valence-electron chi connectivity index (χ4n) is 6.16. The van der Waals surface area contributed by atoms with E-state index < -0.39 is 43.4 Å². The maximum absolute atomic E-state index is 12.7. The predicted molar refractivity (Wildman–Crippen MR) is 210 cm³/mol. The molecule has 1 aliphatic rings. The van der Waals surface area contributed by atoms with Crippen molar-refractivity contribution in [2.24, 2.45) is 0 Å². The molecule has 4 N–H and O–H groups in total. The molecule has 0 aromatic rings. The Balaban J connectivity index is 2.31. The molecule has 0 aromatic carbocycles. The van der Waals surface area contributed by atoms with Crippen molar-refractivity contribution in [2.45, 2.75) is 205 Å². The monoisotopic (exact) mass is 739 g/mol. The van der Waals surface area contributed by atoms with E-state index in [-0.39, 0.29) is 19.2 Å². The lowest BCUT2D eigenvalue weighted by atomic mass is 9.99. The van der Waals surface area contributed by atoms with Crippen molar-refractivity contribution >= 4 is 5.97 Å². The third kappa shape index (κ3) is 26.2. The van der Waals surface area contributed by atoms with E-state index >= 15 is 0 Å². The Morgan fingerprint density at radius 1 is 0.615 bits per heavy atom. The summed E-state index contributed by atoms with van der Waals surface area (Å²) in [7, 11) is 0. The topological polar surface area (TPSA) is 135 Å². The van der Waals surface area contributed by atoms with Crippen LogP contribution in [0.25, 0.3) is 0 Å². The largest absolute Gasteiger partial charge is 0.457 e. The van der Waals surface area contributed by atoms with Crippen molar-refractivity contribution < 1.29 is 44.2 Å². The quantitative estimate of drug-likeness (QED) is 0.0286. The van der Waals surface area contributed by atoms with Gasteiger partial charge in [0.1, 0.15) is 30.5 Å². The zero-order valence-corrected chi connectivity index (χ0v) is 33.1. The minimum Gasteiger partial charge on any atom is -0.457 e. The fourth-order valence-corrected chi connectivity index (χ4v) is 6.16. The third-order valence-electron chi connectivity index (χ3n) is 9.53. The third-order valence-corrected chi connectivity index (χ3v) is 9.53. The van der Waals surface area contributed by atoms with E-state index in [1.807, 2.05) is 0 Å². The molecular formula is C43H78O9. The van der Waals surface area contributed by atoms with Gasteiger partial charge in [0.2, 0.25) is 0 Å². The summed E-state index contributed by atoms with van der Waals surface area (Å²) >= 11 is 0. The molecule has 52 heavy (non-hydrogen) atoms. The average Bonchev–Trinajstić information content (AvgIpc) is 3.14. The van der Waals surface area contributed by atoms with Crippen molar-refractivity contribution in [3.05, 3.63) is 36.5 Å². The number of allylic oxidation sites excluding steroid dienone is 6. The summed E-state index contributed by atoms with van der Waals surface area (Å²) in [5.41, 5.74) is 0. The summed E-state index contributed by atoms with van der Waals surface area (Å²) in [4.78, 5) is 12.7. The molecule has 6 unspecified atom stereocenters. The lowest BCUT2D eigenvalue weighted by Gasteiger charge is -2.39. The number of carbonyl (C=O) groups excluding carboxylic acids is 1. The first-order valence-corrected chi connectivity index (χ1v) is 21.1. The minimum atomic E-state index is -1.54. The van der Waals surface area contributed by atoms with Gasteiger partial charge < -0.3 is 39.4 Å². The van der Waals surface area contributed by atoms with Gasteiger partial charge in [-0.05, 0) is 70.6 Å². The Morgan fingerprint density at radius 3 is 1.71 bits per heavy atom. The number of hydrogen-bond donors (Lipinski definition) is 4. The van der Waals surface area contributed by atoms with E-state index in [1.54, 1.807) is 0 Å². The van der Waals surface area contributed by atoms with Gasteiger partial charge in [0.05, 0.1) is 19.8 Å². The van der Waals surface area contributed by atoms with Gasteiger partial charge in [0.15, 0.2) is 6.29 Å². The number of unbranched alkanes of at least 4 members (excludes halogenated alkanes) is 18. The average molecular weight is 739 g/mol. The summed E-state index contributed by atoms with van der Waals surface area (Å²) in [5.74, 6) is -0.330. The second-order valence-corrected chi connectivity index (χ2v) is 14.4. The number of hydrogen-bond acceptors (Lipinski definition) is 9. The van der Waals surface area contributed by atoms with Crippen LogP contribution in [0.5, 0.6) is 0 Å². The zero-order chi connectivity index (χ0) is 37.9. The van der Waals surface area contributed by atoms with Crippen LogP contribution < -0.4 is 0 Å². The zero-order valence-electron chi connectivity index (χ0n) is 33.1. The van der Waals surface area contributed by atoms with E-state index in [1.165, 1.54) is 77.0 Å². The molecule has 1 saturated heterocycles. The van der Waals surface area contributed by atoms with Crippen molar-refractivity contribution in [2.75, 3.05) is 26.4 Å². The van der Waals surface area contributed by atoms with E-state index in [4.69, 9.17) is 18.9 Å². The lowest BCUT2D eigenvalue weighted by Crippen LogP contribution is -2.59. The first-order chi connectivity index (χ1) is 25.4. The summed E-state index contributed by atoms with van der Waals surface area (Å²) in [5, 5.41) is 40.0. The molecule has 9 heteroatoms. The maximum Gasteiger partial charge on any atom is 0.306 e. The Hall–Kier alpha value is -1.59. The molecule has 304 valence electrons. The molecule has 0 saturated carbocycles. The Kier molecular flexibility index (Phi) is 32.7. The van der Waals surface area contributed by atoms with Crippen LogP contribution in [-0.2, 0) is 23.7 Å². The highest BCUT2D eigenvalue weighted by Gasteiger charge is 2.44. The van der Waals surface area contributed by atoms with Crippen LogP contribution in [0.4, 0.5) is 0 Å². The van der Waals surface area contributed by atoms with Gasteiger partial charge in [-0.1, -0.05) is 127 Å². The molecule has 0 bridgehead atoms. The fraction of sp³-hybridized carbons (Fsp3) is 0.837. The van der Waals surface area contributed by atoms with E-state index in [9.17, 15) is 25.2 Å². The van der Waals surface area contributed by atoms with Crippen molar-refractivity contribution in [3.8, 4) is 0 Å². The molecule has 0 spiro atoms. The molecule has 1 fully saturated rings. The number of aliphatic hydroxyl groups excluding tert-OH is 4. The summed E-state index contributed by atoms with van der Waals surface area (Å²) in [6.07, 6.45) is 33.0. The predicted octanol–water partition coefficient (Wildman–Crippen LogP) is 8.80. The first-order valence-electron chi connectivity index (χ1n) is 21.1. The van der Waals surface area contributed by atoms with Crippen LogP contribution in [0, 0.1) is 0 Å².